The van der Waals surface area contributed by atoms with Gasteiger partial charge in [0.1, 0.15) is 0 Å². The zero-order valence-corrected chi connectivity index (χ0v) is 10.4. The van der Waals surface area contributed by atoms with Crippen LogP contribution in [0.1, 0.15) is 26.7 Å². The smallest absolute Gasteiger partial charge is 0.190 e. The Morgan fingerprint density at radius 3 is 2.06 bits per heavy atom. The molecule has 90 valence electrons. The summed E-state index contributed by atoms with van der Waals surface area (Å²) in [6.45, 7) is 7.70. The summed E-state index contributed by atoms with van der Waals surface area (Å²) in [7, 11) is 2.29. The second-order valence-electron chi connectivity index (χ2n) is 4.47. The number of hydrogen-bond acceptors (Lipinski definition) is 4. The predicted octanol–water partition coefficient (Wildman–Crippen LogP) is 1.15. The number of hydrogen-bond donors (Lipinski definition) is 1. The molecule has 1 saturated heterocycles. The lowest BCUT2D eigenvalue weighted by Gasteiger charge is -2.29. The van der Waals surface area contributed by atoms with Crippen molar-refractivity contribution in [3.8, 4) is 12.4 Å². The molecule has 1 rings (SSSR count). The second kappa shape index (κ2) is 7.92. The molecule has 0 aromatic carbocycles. The van der Waals surface area contributed by atoms with Crippen molar-refractivity contribution in [3.05, 3.63) is 0 Å². The standard InChI is InChI=1S/C9H20NO.C2HN3/c1-9(2)11-8-10(3)6-4-5-7-10;3-1-5-2-4/h9H,4-8H2,1-3H3;5H/q+1;. The summed E-state index contributed by atoms with van der Waals surface area (Å²) in [5, 5.41) is 16.7. The van der Waals surface area contributed by atoms with Crippen molar-refractivity contribution in [2.45, 2.75) is 32.8 Å². The Morgan fingerprint density at radius 2 is 1.75 bits per heavy atom. The van der Waals surface area contributed by atoms with Crippen molar-refractivity contribution in [2.75, 3.05) is 26.9 Å². The van der Waals surface area contributed by atoms with Gasteiger partial charge in [0, 0.05) is 12.8 Å². The highest BCUT2D eigenvalue weighted by molar-refractivity contribution is 4.77. The maximum absolute atomic E-state index is 7.48. The minimum absolute atomic E-state index is 0.380. The largest absolute Gasteiger partial charge is 0.329 e. The maximum atomic E-state index is 7.48. The molecule has 1 aliphatic heterocycles. The zero-order valence-electron chi connectivity index (χ0n) is 10.4. The molecule has 1 N–H and O–H groups in total. The van der Waals surface area contributed by atoms with Crippen LogP contribution in [0.3, 0.4) is 0 Å². The van der Waals surface area contributed by atoms with Crippen molar-refractivity contribution in [1.82, 2.24) is 5.32 Å². The SMILES string of the molecule is CC(C)OC[N+]1(C)CCCC1.N#CNC#N. The molecule has 0 aliphatic carbocycles. The first kappa shape index (κ1) is 14.7. The second-order valence-corrected chi connectivity index (χ2v) is 4.47. The van der Waals surface area contributed by atoms with Crippen molar-refractivity contribution >= 4 is 0 Å². The van der Waals surface area contributed by atoms with Crippen LogP contribution in [0, 0.1) is 22.9 Å². The molecule has 0 amide bonds. The van der Waals surface area contributed by atoms with Crippen molar-refractivity contribution in [1.29, 1.82) is 10.5 Å². The molecule has 5 nitrogen and oxygen atoms in total. The van der Waals surface area contributed by atoms with Crippen LogP contribution in [-0.2, 0) is 4.74 Å². The van der Waals surface area contributed by atoms with Crippen LogP contribution < -0.4 is 5.32 Å². The number of nitriles is 2. The number of ether oxygens (including phenoxy) is 1. The van der Waals surface area contributed by atoms with Gasteiger partial charge in [-0.25, -0.2) is 5.32 Å². The van der Waals surface area contributed by atoms with Gasteiger partial charge in [0.05, 0.1) is 26.2 Å². The molecular weight excluding hydrogens is 204 g/mol. The molecule has 1 aliphatic rings. The molecule has 0 aromatic heterocycles. The van der Waals surface area contributed by atoms with Gasteiger partial charge in [-0.1, -0.05) is 0 Å². The molecule has 1 fully saturated rings. The van der Waals surface area contributed by atoms with Crippen LogP contribution in [0.15, 0.2) is 0 Å². The van der Waals surface area contributed by atoms with E-state index < -0.39 is 0 Å². The molecule has 0 unspecified atom stereocenters. The van der Waals surface area contributed by atoms with Crippen LogP contribution in [0.5, 0.6) is 0 Å². The highest BCUT2D eigenvalue weighted by atomic mass is 16.5. The van der Waals surface area contributed by atoms with E-state index in [2.05, 4.69) is 20.9 Å². The van der Waals surface area contributed by atoms with Crippen molar-refractivity contribution in [2.24, 2.45) is 0 Å². The molecule has 16 heavy (non-hydrogen) atoms. The van der Waals surface area contributed by atoms with E-state index in [9.17, 15) is 0 Å². The van der Waals surface area contributed by atoms with Crippen LogP contribution in [0.4, 0.5) is 0 Å². The summed E-state index contributed by atoms with van der Waals surface area (Å²) in [5.74, 6) is 0. The minimum Gasteiger partial charge on any atom is -0.329 e. The van der Waals surface area contributed by atoms with E-state index in [1.807, 2.05) is 0 Å². The van der Waals surface area contributed by atoms with Crippen LogP contribution in [0.2, 0.25) is 0 Å². The van der Waals surface area contributed by atoms with E-state index >= 15 is 0 Å². The minimum atomic E-state index is 0.380. The Balaban J connectivity index is 0.000000385. The van der Waals surface area contributed by atoms with Gasteiger partial charge in [0.15, 0.2) is 19.1 Å². The maximum Gasteiger partial charge on any atom is 0.190 e. The molecule has 0 spiro atoms. The monoisotopic (exact) mass is 225 g/mol. The highest BCUT2D eigenvalue weighted by Crippen LogP contribution is 2.16. The van der Waals surface area contributed by atoms with E-state index in [1.54, 1.807) is 5.32 Å². The van der Waals surface area contributed by atoms with E-state index in [4.69, 9.17) is 15.3 Å². The third-order valence-corrected chi connectivity index (χ3v) is 2.48. The number of nitrogens with one attached hydrogen (secondary N) is 1. The summed E-state index contributed by atoms with van der Waals surface area (Å²) in [5.41, 5.74) is 0. The Kier molecular flexibility index (Phi) is 7.28. The van der Waals surface area contributed by atoms with Gasteiger partial charge in [0.25, 0.3) is 0 Å². The first-order valence-corrected chi connectivity index (χ1v) is 5.52. The van der Waals surface area contributed by atoms with Gasteiger partial charge >= 0.3 is 0 Å². The Bertz CT molecular complexity index is 246. The van der Waals surface area contributed by atoms with Crippen LogP contribution in [0.25, 0.3) is 0 Å². The van der Waals surface area contributed by atoms with Gasteiger partial charge in [-0.15, -0.1) is 0 Å². The summed E-state index contributed by atoms with van der Waals surface area (Å²) in [6.07, 6.45) is 5.94. The van der Waals surface area contributed by atoms with Gasteiger partial charge < -0.3 is 9.22 Å². The van der Waals surface area contributed by atoms with Crippen LogP contribution in [-0.4, -0.2) is 37.5 Å². The van der Waals surface area contributed by atoms with Gasteiger partial charge in [-0.3, -0.25) is 0 Å². The summed E-state index contributed by atoms with van der Waals surface area (Å²) < 4.78 is 6.72. The van der Waals surface area contributed by atoms with Crippen LogP contribution >= 0.6 is 0 Å². The number of quaternary nitrogens is 1. The fraction of sp³-hybridized carbons (Fsp3) is 0.818. The quantitative estimate of drug-likeness (QED) is 0.444. The Hall–Kier alpha value is -1.30. The normalized spacial score (nSPS) is 16.9. The lowest BCUT2D eigenvalue weighted by atomic mass is 10.4. The molecule has 0 saturated carbocycles. The fourth-order valence-electron chi connectivity index (χ4n) is 1.58. The van der Waals surface area contributed by atoms with E-state index in [-0.39, 0.29) is 0 Å². The lowest BCUT2D eigenvalue weighted by molar-refractivity contribution is -0.917. The third-order valence-electron chi connectivity index (χ3n) is 2.48. The number of nitrogens with zero attached hydrogens (tertiary/aromatic N) is 3. The molecular formula is C11H21N4O+. The summed E-state index contributed by atoms with van der Waals surface area (Å²) in [6, 6.07) is 0. The summed E-state index contributed by atoms with van der Waals surface area (Å²) in [4.78, 5) is 0. The molecule has 0 radical (unpaired) electrons. The molecule has 1 heterocycles. The first-order valence-electron chi connectivity index (χ1n) is 5.52. The van der Waals surface area contributed by atoms with Crippen molar-refractivity contribution < 1.29 is 9.22 Å². The molecule has 5 heteroatoms. The Labute approximate surface area is 97.8 Å². The zero-order chi connectivity index (χ0) is 12.4. The average molecular weight is 225 g/mol. The molecule has 0 bridgehead atoms. The number of likely N-dealkylation sites (tertiary alicyclic amines) is 1. The van der Waals surface area contributed by atoms with Gasteiger partial charge in [-0.05, 0) is 13.8 Å². The summed E-state index contributed by atoms with van der Waals surface area (Å²) >= 11 is 0. The average Bonchev–Trinajstić information content (AvgIpc) is 2.65. The third kappa shape index (κ3) is 7.05. The fourth-order valence-corrected chi connectivity index (χ4v) is 1.58. The predicted molar refractivity (Wildman–Crippen MR) is 60.6 cm³/mol. The first-order chi connectivity index (χ1) is 7.54. The van der Waals surface area contributed by atoms with Gasteiger partial charge in [-0.2, -0.15) is 10.5 Å². The lowest BCUT2D eigenvalue weighted by Crippen LogP contribution is -2.43. The number of rotatable bonds is 3. The molecule has 0 aromatic rings. The van der Waals surface area contributed by atoms with E-state index in [0.717, 1.165) is 11.2 Å². The van der Waals surface area contributed by atoms with E-state index in [0.29, 0.717) is 6.10 Å². The van der Waals surface area contributed by atoms with Gasteiger partial charge in [0.2, 0.25) is 0 Å². The highest BCUT2D eigenvalue weighted by Gasteiger charge is 2.26. The van der Waals surface area contributed by atoms with E-state index in [1.165, 1.54) is 38.3 Å². The van der Waals surface area contributed by atoms with Crippen molar-refractivity contribution in [3.63, 3.8) is 0 Å². The Morgan fingerprint density at radius 1 is 1.25 bits per heavy atom. The topological polar surface area (TPSA) is 68.8 Å². The molecule has 0 atom stereocenters.